The van der Waals surface area contributed by atoms with E-state index in [2.05, 4.69) is 15.3 Å². The molecule has 1 aromatic carbocycles. The maximum Gasteiger partial charge on any atom is 0.226 e. The molecule has 0 unspecified atom stereocenters. The summed E-state index contributed by atoms with van der Waals surface area (Å²) in [4.78, 5) is 8.57. The number of benzene rings is 1. The maximum atomic E-state index is 5.48. The van der Waals surface area contributed by atoms with Crippen LogP contribution in [0, 0.1) is 6.92 Å². The second-order valence-corrected chi connectivity index (χ2v) is 4.31. The van der Waals surface area contributed by atoms with E-state index in [1.54, 1.807) is 13.2 Å². The number of aromatic nitrogens is 2. The molecule has 0 saturated carbocycles. The monoisotopic (exact) mass is 273 g/mol. The van der Waals surface area contributed by atoms with Crippen LogP contribution >= 0.6 is 0 Å². The maximum absolute atomic E-state index is 5.48. The molecule has 0 aliphatic carbocycles. The molecule has 0 radical (unpaired) electrons. The first kappa shape index (κ1) is 14.1. The molecule has 106 valence electrons. The summed E-state index contributed by atoms with van der Waals surface area (Å²) in [5, 5.41) is 3.19. The third-order valence-electron chi connectivity index (χ3n) is 2.70. The Morgan fingerprint density at radius 3 is 2.80 bits per heavy atom. The number of nitrogens with zero attached hydrogens (tertiary/aromatic N) is 2. The van der Waals surface area contributed by atoms with E-state index >= 15 is 0 Å². The lowest BCUT2D eigenvalue weighted by atomic mass is 10.2. The van der Waals surface area contributed by atoms with Crippen LogP contribution in [0.1, 0.15) is 18.2 Å². The van der Waals surface area contributed by atoms with Gasteiger partial charge >= 0.3 is 0 Å². The Bertz CT molecular complexity index is 573. The molecule has 2 aromatic rings. The molecule has 1 heterocycles. The summed E-state index contributed by atoms with van der Waals surface area (Å²) in [6, 6.07) is 9.74. The SMILES string of the molecule is CCOc1cccc(CNc2nc(C)cc(OC)n2)c1. The molecule has 0 amide bonds. The summed E-state index contributed by atoms with van der Waals surface area (Å²) < 4.78 is 10.6. The van der Waals surface area contributed by atoms with Gasteiger partial charge in [-0.1, -0.05) is 12.1 Å². The molecule has 0 saturated heterocycles. The number of aryl methyl sites for hydroxylation is 1. The molecular formula is C15H19N3O2. The van der Waals surface area contributed by atoms with Gasteiger partial charge in [0.05, 0.1) is 13.7 Å². The highest BCUT2D eigenvalue weighted by molar-refractivity contribution is 5.34. The topological polar surface area (TPSA) is 56.3 Å². The Hall–Kier alpha value is -2.30. The molecule has 0 aliphatic rings. The molecule has 0 atom stereocenters. The molecule has 5 heteroatoms. The second kappa shape index (κ2) is 6.75. The minimum Gasteiger partial charge on any atom is -0.494 e. The molecule has 1 N–H and O–H groups in total. The number of ether oxygens (including phenoxy) is 2. The van der Waals surface area contributed by atoms with Crippen LogP contribution in [0.25, 0.3) is 0 Å². The highest BCUT2D eigenvalue weighted by Gasteiger charge is 2.03. The zero-order valence-corrected chi connectivity index (χ0v) is 12.0. The Labute approximate surface area is 119 Å². The van der Waals surface area contributed by atoms with Crippen LogP contribution in [0.5, 0.6) is 11.6 Å². The number of methoxy groups -OCH3 is 1. The first-order valence-corrected chi connectivity index (χ1v) is 6.56. The Morgan fingerprint density at radius 1 is 1.20 bits per heavy atom. The average molecular weight is 273 g/mol. The van der Waals surface area contributed by atoms with Crippen molar-refractivity contribution < 1.29 is 9.47 Å². The number of anilines is 1. The van der Waals surface area contributed by atoms with E-state index < -0.39 is 0 Å². The summed E-state index contributed by atoms with van der Waals surface area (Å²) >= 11 is 0. The van der Waals surface area contributed by atoms with Crippen molar-refractivity contribution in [3.05, 3.63) is 41.6 Å². The molecule has 5 nitrogen and oxygen atoms in total. The van der Waals surface area contributed by atoms with E-state index in [0.29, 0.717) is 25.0 Å². The van der Waals surface area contributed by atoms with E-state index in [0.717, 1.165) is 17.0 Å². The van der Waals surface area contributed by atoms with Crippen molar-refractivity contribution in [3.63, 3.8) is 0 Å². The fraction of sp³-hybridized carbons (Fsp3) is 0.333. The van der Waals surface area contributed by atoms with Crippen molar-refractivity contribution in [3.8, 4) is 11.6 Å². The molecule has 0 aliphatic heterocycles. The van der Waals surface area contributed by atoms with Crippen LogP contribution in [0.3, 0.4) is 0 Å². The molecule has 0 spiro atoms. The lowest BCUT2D eigenvalue weighted by Crippen LogP contribution is -2.05. The van der Waals surface area contributed by atoms with Crippen LogP contribution in [0.4, 0.5) is 5.95 Å². The predicted molar refractivity (Wildman–Crippen MR) is 78.3 cm³/mol. The first-order chi connectivity index (χ1) is 9.71. The number of nitrogens with one attached hydrogen (secondary N) is 1. The van der Waals surface area contributed by atoms with Gasteiger partial charge in [-0.3, -0.25) is 0 Å². The summed E-state index contributed by atoms with van der Waals surface area (Å²) in [6.45, 7) is 5.17. The van der Waals surface area contributed by atoms with Crippen molar-refractivity contribution in [1.29, 1.82) is 0 Å². The van der Waals surface area contributed by atoms with E-state index in [1.165, 1.54) is 0 Å². The fourth-order valence-electron chi connectivity index (χ4n) is 1.82. The fourth-order valence-corrected chi connectivity index (χ4v) is 1.82. The van der Waals surface area contributed by atoms with E-state index in [-0.39, 0.29) is 0 Å². The van der Waals surface area contributed by atoms with Gasteiger partial charge in [0, 0.05) is 18.3 Å². The average Bonchev–Trinajstić information content (AvgIpc) is 2.45. The molecule has 0 fully saturated rings. The highest BCUT2D eigenvalue weighted by atomic mass is 16.5. The minimum absolute atomic E-state index is 0.558. The van der Waals surface area contributed by atoms with Gasteiger partial charge in [-0.2, -0.15) is 4.98 Å². The molecule has 0 bridgehead atoms. The van der Waals surface area contributed by atoms with Crippen LogP contribution in [0.15, 0.2) is 30.3 Å². The van der Waals surface area contributed by atoms with Crippen LogP contribution in [-0.2, 0) is 6.54 Å². The smallest absolute Gasteiger partial charge is 0.226 e. The molecular weight excluding hydrogens is 254 g/mol. The summed E-state index contributed by atoms with van der Waals surface area (Å²) in [5.41, 5.74) is 1.97. The minimum atomic E-state index is 0.558. The standard InChI is InChI=1S/C15H19N3O2/c1-4-20-13-7-5-6-12(9-13)10-16-15-17-11(2)8-14(18-15)19-3/h5-9H,4,10H2,1-3H3,(H,16,17,18). The van der Waals surface area contributed by atoms with Crippen molar-refractivity contribution in [2.75, 3.05) is 19.0 Å². The van der Waals surface area contributed by atoms with Crippen LogP contribution < -0.4 is 14.8 Å². The van der Waals surface area contributed by atoms with Gasteiger partial charge < -0.3 is 14.8 Å². The van der Waals surface area contributed by atoms with Gasteiger partial charge in [0.25, 0.3) is 0 Å². The Balaban J connectivity index is 2.04. The predicted octanol–water partition coefficient (Wildman–Crippen LogP) is 2.80. The second-order valence-electron chi connectivity index (χ2n) is 4.31. The van der Waals surface area contributed by atoms with Crippen LogP contribution in [-0.4, -0.2) is 23.7 Å². The van der Waals surface area contributed by atoms with Crippen molar-refractivity contribution >= 4 is 5.95 Å². The van der Waals surface area contributed by atoms with Gasteiger partial charge in [0.1, 0.15) is 5.75 Å². The Kier molecular flexibility index (Phi) is 4.76. The van der Waals surface area contributed by atoms with Gasteiger partial charge in [-0.15, -0.1) is 0 Å². The lowest BCUT2D eigenvalue weighted by Gasteiger charge is -2.09. The van der Waals surface area contributed by atoms with Crippen LogP contribution in [0.2, 0.25) is 0 Å². The summed E-state index contributed by atoms with van der Waals surface area (Å²) in [5.74, 6) is 1.99. The third-order valence-corrected chi connectivity index (χ3v) is 2.70. The highest BCUT2D eigenvalue weighted by Crippen LogP contribution is 2.15. The summed E-state index contributed by atoms with van der Waals surface area (Å²) in [6.07, 6.45) is 0. The number of rotatable bonds is 6. The normalized spacial score (nSPS) is 10.2. The van der Waals surface area contributed by atoms with E-state index in [9.17, 15) is 0 Å². The van der Waals surface area contributed by atoms with E-state index in [4.69, 9.17) is 9.47 Å². The lowest BCUT2D eigenvalue weighted by molar-refractivity contribution is 0.340. The number of hydrogen-bond acceptors (Lipinski definition) is 5. The zero-order valence-electron chi connectivity index (χ0n) is 12.0. The Morgan fingerprint density at radius 2 is 2.05 bits per heavy atom. The quantitative estimate of drug-likeness (QED) is 0.877. The number of hydrogen-bond donors (Lipinski definition) is 1. The van der Waals surface area contributed by atoms with Crippen molar-refractivity contribution in [2.24, 2.45) is 0 Å². The summed E-state index contributed by atoms with van der Waals surface area (Å²) in [7, 11) is 1.59. The van der Waals surface area contributed by atoms with Gasteiger partial charge in [0.15, 0.2) is 0 Å². The molecule has 20 heavy (non-hydrogen) atoms. The van der Waals surface area contributed by atoms with Gasteiger partial charge in [-0.25, -0.2) is 4.98 Å². The zero-order chi connectivity index (χ0) is 14.4. The first-order valence-electron chi connectivity index (χ1n) is 6.56. The van der Waals surface area contributed by atoms with Crippen molar-refractivity contribution in [2.45, 2.75) is 20.4 Å². The molecule has 1 aromatic heterocycles. The van der Waals surface area contributed by atoms with Crippen molar-refractivity contribution in [1.82, 2.24) is 9.97 Å². The van der Waals surface area contributed by atoms with Gasteiger partial charge in [-0.05, 0) is 31.5 Å². The third kappa shape index (κ3) is 3.85. The largest absolute Gasteiger partial charge is 0.494 e. The van der Waals surface area contributed by atoms with Gasteiger partial charge in [0.2, 0.25) is 11.8 Å². The van der Waals surface area contributed by atoms with E-state index in [1.807, 2.05) is 38.1 Å². The molecule has 2 rings (SSSR count).